The van der Waals surface area contributed by atoms with Crippen molar-refractivity contribution in [2.75, 3.05) is 13.6 Å². The number of allylic oxidation sites excluding steroid dienone is 1. The van der Waals surface area contributed by atoms with Crippen molar-refractivity contribution in [2.24, 2.45) is 0 Å². The fourth-order valence-electron chi connectivity index (χ4n) is 1.70. The Labute approximate surface area is 163 Å². The number of benzene rings is 1. The van der Waals surface area contributed by atoms with Crippen molar-refractivity contribution in [1.29, 1.82) is 0 Å². The van der Waals surface area contributed by atoms with Gasteiger partial charge < -0.3 is 20.3 Å². The van der Waals surface area contributed by atoms with E-state index in [1.54, 1.807) is 12.1 Å². The topological polar surface area (TPSA) is 95.9 Å². The summed E-state index contributed by atoms with van der Waals surface area (Å²) < 4.78 is 5.95. The van der Waals surface area contributed by atoms with Gasteiger partial charge in [0, 0.05) is 24.6 Å². The molecule has 1 atom stereocenters. The van der Waals surface area contributed by atoms with Crippen LogP contribution < -0.4 is 10.1 Å². The highest BCUT2D eigenvalue weighted by Gasteiger charge is 2.12. The lowest BCUT2D eigenvalue weighted by molar-refractivity contribution is -0.134. The van der Waals surface area contributed by atoms with Crippen LogP contribution in [-0.2, 0) is 9.59 Å². The molecule has 6 nitrogen and oxygen atoms in total. The maximum atomic E-state index is 9.55. The van der Waals surface area contributed by atoms with Crippen LogP contribution in [0.1, 0.15) is 20.3 Å². The van der Waals surface area contributed by atoms with Gasteiger partial charge in [-0.25, -0.2) is 9.59 Å². The fraction of sp³-hybridized carbons (Fsp3) is 0.333. The summed E-state index contributed by atoms with van der Waals surface area (Å²) >= 11 is 11.9. The Morgan fingerprint density at radius 1 is 1.19 bits per heavy atom. The molecular weight excluding hydrogens is 381 g/mol. The summed E-state index contributed by atoms with van der Waals surface area (Å²) in [5.74, 6) is -1.77. The second-order valence-corrected chi connectivity index (χ2v) is 5.93. The molecule has 0 bridgehead atoms. The van der Waals surface area contributed by atoms with Crippen LogP contribution in [0.5, 0.6) is 5.75 Å². The number of carboxylic acid groups (broad SMARTS) is 2. The van der Waals surface area contributed by atoms with Gasteiger partial charge in [-0.2, -0.15) is 0 Å². The lowest BCUT2D eigenvalue weighted by atomic mass is 10.1. The predicted octanol–water partition coefficient (Wildman–Crippen LogP) is 4.03. The minimum Gasteiger partial charge on any atom is -0.486 e. The number of nitrogens with one attached hydrogen (secondary N) is 1. The Hall–Kier alpha value is -2.02. The molecule has 0 aliphatic heterocycles. The van der Waals surface area contributed by atoms with Crippen LogP contribution in [0.3, 0.4) is 0 Å². The Balaban J connectivity index is 0.000000660. The molecule has 0 aromatic heterocycles. The number of carbonyl (C=O) groups is 2. The number of carboxylic acids is 2. The SMILES string of the molecule is C/C=C(\C)C(CCNC)Oc1ccc(Cl)c(Cl)c1.O=C(O)/C=C/C(=O)O. The average molecular weight is 404 g/mol. The number of hydrogen-bond donors (Lipinski definition) is 3. The van der Waals surface area contributed by atoms with E-state index in [4.69, 9.17) is 38.2 Å². The van der Waals surface area contributed by atoms with Crippen LogP contribution in [0.25, 0.3) is 0 Å². The molecule has 0 spiro atoms. The molecule has 0 aliphatic rings. The molecule has 1 aromatic carbocycles. The van der Waals surface area contributed by atoms with Crippen LogP contribution in [0.2, 0.25) is 10.0 Å². The van der Waals surface area contributed by atoms with Crippen LogP contribution in [0.4, 0.5) is 0 Å². The Kier molecular flexibility index (Phi) is 12.2. The van der Waals surface area contributed by atoms with Crippen LogP contribution in [-0.4, -0.2) is 41.8 Å². The standard InChI is InChI=1S/C14H19Cl2NO.C4H4O4/c1-4-10(2)14(7-8-17-3)18-11-5-6-12(15)13(16)9-11;5-3(6)1-2-4(7)8/h4-6,9,14,17H,7-8H2,1-3H3;1-2H,(H,5,6)(H,7,8)/b10-4+;2-1+. The molecule has 1 aromatic rings. The van der Waals surface area contributed by atoms with Crippen molar-refractivity contribution in [1.82, 2.24) is 5.32 Å². The number of hydrogen-bond acceptors (Lipinski definition) is 4. The monoisotopic (exact) mass is 403 g/mol. The Bertz CT molecular complexity index is 643. The van der Waals surface area contributed by atoms with Crippen molar-refractivity contribution >= 4 is 35.1 Å². The third-order valence-electron chi connectivity index (χ3n) is 3.16. The van der Waals surface area contributed by atoms with E-state index in [-0.39, 0.29) is 6.10 Å². The zero-order valence-corrected chi connectivity index (χ0v) is 16.3. The highest BCUT2D eigenvalue weighted by Crippen LogP contribution is 2.28. The minimum atomic E-state index is -1.26. The lowest BCUT2D eigenvalue weighted by Gasteiger charge is -2.20. The van der Waals surface area contributed by atoms with Crippen molar-refractivity contribution in [3.05, 3.63) is 52.0 Å². The molecule has 0 radical (unpaired) electrons. The van der Waals surface area contributed by atoms with E-state index in [1.807, 2.05) is 20.0 Å². The average Bonchev–Trinajstić information content (AvgIpc) is 2.59. The van der Waals surface area contributed by atoms with Gasteiger partial charge in [-0.15, -0.1) is 0 Å². The van der Waals surface area contributed by atoms with E-state index < -0.39 is 11.9 Å². The zero-order valence-electron chi connectivity index (χ0n) is 14.8. The molecule has 8 heteroatoms. The van der Waals surface area contributed by atoms with Gasteiger partial charge in [-0.05, 0) is 45.1 Å². The van der Waals surface area contributed by atoms with Gasteiger partial charge in [-0.1, -0.05) is 29.3 Å². The summed E-state index contributed by atoms with van der Waals surface area (Å²) in [6.07, 6.45) is 4.15. The first-order valence-corrected chi connectivity index (χ1v) is 8.49. The Morgan fingerprint density at radius 2 is 1.77 bits per heavy atom. The molecule has 144 valence electrons. The normalized spacial score (nSPS) is 12.3. The van der Waals surface area contributed by atoms with E-state index in [0.29, 0.717) is 22.2 Å². The van der Waals surface area contributed by atoms with Crippen molar-refractivity contribution in [3.8, 4) is 5.75 Å². The molecule has 0 amide bonds. The Morgan fingerprint density at radius 3 is 2.19 bits per heavy atom. The fourth-order valence-corrected chi connectivity index (χ4v) is 1.99. The maximum absolute atomic E-state index is 9.55. The van der Waals surface area contributed by atoms with Gasteiger partial charge in [0.2, 0.25) is 0 Å². The highest BCUT2D eigenvalue weighted by molar-refractivity contribution is 6.42. The molecule has 0 aliphatic carbocycles. The van der Waals surface area contributed by atoms with Gasteiger partial charge in [0.25, 0.3) is 0 Å². The lowest BCUT2D eigenvalue weighted by Crippen LogP contribution is -2.23. The van der Waals surface area contributed by atoms with E-state index in [1.165, 1.54) is 5.57 Å². The third-order valence-corrected chi connectivity index (χ3v) is 3.90. The van der Waals surface area contributed by atoms with Gasteiger partial charge in [0.1, 0.15) is 11.9 Å². The summed E-state index contributed by atoms with van der Waals surface area (Å²) in [6, 6.07) is 5.34. The van der Waals surface area contributed by atoms with Crippen molar-refractivity contribution < 1.29 is 24.5 Å². The van der Waals surface area contributed by atoms with E-state index in [2.05, 4.69) is 18.3 Å². The summed E-state index contributed by atoms with van der Waals surface area (Å²) in [5.41, 5.74) is 1.20. The van der Waals surface area contributed by atoms with Crippen molar-refractivity contribution in [2.45, 2.75) is 26.4 Å². The second-order valence-electron chi connectivity index (χ2n) is 5.12. The summed E-state index contributed by atoms with van der Waals surface area (Å²) in [4.78, 5) is 19.1. The van der Waals surface area contributed by atoms with Crippen LogP contribution in [0, 0.1) is 0 Å². The number of halogens is 2. The largest absolute Gasteiger partial charge is 0.486 e. The first kappa shape index (κ1) is 24.0. The van der Waals surface area contributed by atoms with Crippen LogP contribution in [0.15, 0.2) is 42.0 Å². The molecular formula is C18H23Cl2NO5. The third kappa shape index (κ3) is 10.8. The highest BCUT2D eigenvalue weighted by atomic mass is 35.5. The van der Waals surface area contributed by atoms with Gasteiger partial charge in [0.15, 0.2) is 0 Å². The summed E-state index contributed by atoms with van der Waals surface area (Å²) in [6.45, 7) is 4.98. The minimum absolute atomic E-state index is 0.0553. The number of aliphatic carboxylic acids is 2. The maximum Gasteiger partial charge on any atom is 0.328 e. The number of rotatable bonds is 8. The van der Waals surface area contributed by atoms with Gasteiger partial charge in [0.05, 0.1) is 10.0 Å². The van der Waals surface area contributed by atoms with Crippen LogP contribution >= 0.6 is 23.2 Å². The second kappa shape index (κ2) is 13.2. The summed E-state index contributed by atoms with van der Waals surface area (Å²) in [7, 11) is 1.93. The summed E-state index contributed by atoms with van der Waals surface area (Å²) in [5, 5.41) is 19.8. The first-order chi connectivity index (χ1) is 12.2. The zero-order chi connectivity index (χ0) is 20.1. The molecule has 0 saturated heterocycles. The molecule has 1 unspecified atom stereocenters. The van der Waals surface area contributed by atoms with Crippen molar-refractivity contribution in [3.63, 3.8) is 0 Å². The smallest absolute Gasteiger partial charge is 0.328 e. The number of ether oxygens (including phenoxy) is 1. The van der Waals surface area contributed by atoms with E-state index in [0.717, 1.165) is 18.7 Å². The molecule has 0 heterocycles. The molecule has 0 fully saturated rings. The first-order valence-electron chi connectivity index (χ1n) is 7.74. The van der Waals surface area contributed by atoms with E-state index in [9.17, 15) is 9.59 Å². The van der Waals surface area contributed by atoms with Gasteiger partial charge in [-0.3, -0.25) is 0 Å². The molecule has 26 heavy (non-hydrogen) atoms. The van der Waals surface area contributed by atoms with Gasteiger partial charge >= 0.3 is 11.9 Å². The quantitative estimate of drug-likeness (QED) is 0.447. The van der Waals surface area contributed by atoms with E-state index >= 15 is 0 Å². The molecule has 0 saturated carbocycles. The molecule has 3 N–H and O–H groups in total. The predicted molar refractivity (Wildman–Crippen MR) is 103 cm³/mol. The molecule has 1 rings (SSSR count).